The molecule has 2 aliphatic heterocycles. The lowest BCUT2D eigenvalue weighted by Crippen LogP contribution is -2.38. The number of nitrogens with zero attached hydrogens (tertiary/aromatic N) is 5. The molecule has 1 amide bonds. The van der Waals surface area contributed by atoms with Gasteiger partial charge in [-0.1, -0.05) is 30.3 Å². The number of amides is 1. The normalized spacial score (nSPS) is 21.1. The molecule has 4 aliphatic rings. The number of ether oxygens (including phenoxy) is 2. The molecule has 3 aromatic carbocycles. The van der Waals surface area contributed by atoms with Gasteiger partial charge in [-0.25, -0.2) is 18.4 Å². The van der Waals surface area contributed by atoms with E-state index in [1.54, 1.807) is 19.4 Å². The molecule has 1 saturated carbocycles. The zero-order chi connectivity index (χ0) is 42.1. The molecule has 0 bridgehead atoms. The Kier molecular flexibility index (Phi) is 10.4. The molecule has 3 fully saturated rings. The Labute approximate surface area is 345 Å². The van der Waals surface area contributed by atoms with E-state index in [0.29, 0.717) is 85.7 Å². The Morgan fingerprint density at radius 1 is 0.967 bits per heavy atom. The zero-order valence-corrected chi connectivity index (χ0v) is 34.2. The molecule has 13 nitrogen and oxygen atoms in total. The maximum atomic E-state index is 14.0. The van der Waals surface area contributed by atoms with Gasteiger partial charge in [-0.3, -0.25) is 24.3 Å². The predicted molar refractivity (Wildman–Crippen MR) is 215 cm³/mol. The van der Waals surface area contributed by atoms with E-state index in [1.165, 1.54) is 0 Å². The van der Waals surface area contributed by atoms with Gasteiger partial charge in [0.2, 0.25) is 27.7 Å². The number of fused-ring (bicyclic) bond motifs is 2. The first kappa shape index (κ1) is 40.3. The van der Waals surface area contributed by atoms with Crippen molar-refractivity contribution in [1.82, 2.24) is 29.5 Å². The van der Waals surface area contributed by atoms with E-state index in [9.17, 15) is 31.5 Å². The summed E-state index contributed by atoms with van der Waals surface area (Å²) in [5.41, 5.74) is 7.34. The summed E-state index contributed by atoms with van der Waals surface area (Å²) < 4.78 is 85.8. The third-order valence-corrected chi connectivity index (χ3v) is 14.2. The highest BCUT2D eigenvalue weighted by Gasteiger charge is 2.43. The molecule has 2 aromatic heterocycles. The minimum Gasteiger partial charge on any atom is -0.480 e. The van der Waals surface area contributed by atoms with Crippen molar-refractivity contribution in [3.05, 3.63) is 76.6 Å². The van der Waals surface area contributed by atoms with Crippen molar-refractivity contribution in [2.45, 2.75) is 82.7 Å². The van der Waals surface area contributed by atoms with Crippen molar-refractivity contribution in [2.75, 3.05) is 33.3 Å². The number of aliphatic hydroxyl groups excluding tert-OH is 1. The van der Waals surface area contributed by atoms with Crippen LogP contribution in [0.3, 0.4) is 0 Å². The van der Waals surface area contributed by atoms with E-state index in [4.69, 9.17) is 28.8 Å². The lowest BCUT2D eigenvalue weighted by atomic mass is 9.90. The van der Waals surface area contributed by atoms with Crippen LogP contribution in [-0.2, 0) is 27.8 Å². The van der Waals surface area contributed by atoms with E-state index >= 15 is 0 Å². The Bertz CT molecular complexity index is 2610. The minimum absolute atomic E-state index is 0.106. The first-order valence-electron chi connectivity index (χ1n) is 20.2. The van der Waals surface area contributed by atoms with Crippen LogP contribution in [-0.4, -0.2) is 95.2 Å². The summed E-state index contributed by atoms with van der Waals surface area (Å²) in [6.45, 7) is 6.51. The largest absolute Gasteiger partial charge is 0.573 e. The van der Waals surface area contributed by atoms with Crippen LogP contribution in [0, 0.1) is 19.8 Å². The first-order valence-corrected chi connectivity index (χ1v) is 21.7. The Morgan fingerprint density at radius 2 is 1.68 bits per heavy atom. The van der Waals surface area contributed by atoms with Crippen LogP contribution in [0.15, 0.2) is 53.1 Å². The molecule has 316 valence electrons. The van der Waals surface area contributed by atoms with Gasteiger partial charge in [-0.2, -0.15) is 0 Å². The fraction of sp³-hybridized carbons (Fsp3) is 0.442. The van der Waals surface area contributed by atoms with Crippen LogP contribution in [0.2, 0.25) is 0 Å². The number of oxazole rings is 1. The molecular weight excluding hydrogens is 802 g/mol. The fourth-order valence-electron chi connectivity index (χ4n) is 9.10. The topological polar surface area (TPSA) is 160 Å². The van der Waals surface area contributed by atoms with Crippen molar-refractivity contribution < 1.29 is 45.4 Å². The standard InChI is InChI=1S/C43H45F3N6O7S/c1-23-28(6-4-8-30(23)35-19-47-36(42(49-35)57-3)22-51-16-15-26(53)21-51)29-7-5-9-31(24(29)2)41-48-34-18-33-32(38(39(34)58-41)59-43(44,45)46)12-13-37(33)52-17-14-25(20-52)40(54)50-60(55,56)27-10-11-27/h4-9,18-19,25-27,37,53H,10-17,20-22H2,1-3H3,(H,50,54)/t25-,26-,37-/m1/s1. The van der Waals surface area contributed by atoms with Gasteiger partial charge in [0.1, 0.15) is 11.2 Å². The summed E-state index contributed by atoms with van der Waals surface area (Å²) in [4.78, 5) is 31.4. The van der Waals surface area contributed by atoms with Crippen LogP contribution in [0.25, 0.3) is 44.9 Å². The number of aliphatic hydroxyl groups is 1. The number of likely N-dealkylation sites (tertiary alicyclic amines) is 2. The van der Waals surface area contributed by atoms with Crippen molar-refractivity contribution in [1.29, 1.82) is 0 Å². The smallest absolute Gasteiger partial charge is 0.480 e. The molecule has 0 radical (unpaired) electrons. The van der Waals surface area contributed by atoms with Crippen LogP contribution in [0.4, 0.5) is 13.2 Å². The molecule has 3 atom stereocenters. The molecule has 2 saturated heterocycles. The van der Waals surface area contributed by atoms with Gasteiger partial charge >= 0.3 is 6.36 Å². The van der Waals surface area contributed by atoms with Crippen LogP contribution >= 0.6 is 0 Å². The summed E-state index contributed by atoms with van der Waals surface area (Å²) in [5.74, 6) is -0.977. The zero-order valence-electron chi connectivity index (χ0n) is 33.4. The summed E-state index contributed by atoms with van der Waals surface area (Å²) >= 11 is 0. The molecule has 5 aromatic rings. The number of aromatic nitrogens is 3. The summed E-state index contributed by atoms with van der Waals surface area (Å²) in [6, 6.07) is 13.0. The predicted octanol–water partition coefficient (Wildman–Crippen LogP) is 6.63. The summed E-state index contributed by atoms with van der Waals surface area (Å²) in [7, 11) is -2.14. The number of hydrogen-bond acceptors (Lipinski definition) is 12. The van der Waals surface area contributed by atoms with Crippen molar-refractivity contribution >= 4 is 27.0 Å². The van der Waals surface area contributed by atoms with E-state index in [2.05, 4.69) is 9.62 Å². The Balaban J connectivity index is 1.02. The number of sulfonamides is 1. The SMILES string of the molecule is COc1nc(-c2cccc(-c3cccc(-c4nc5cc6c(c(OC(F)(F)F)c5o4)CC[C@H]6N4CC[C@@H](C(=O)NS(=O)(=O)C5CC5)C4)c3C)c2C)cnc1CN1CC[C@@H](O)C1. The second kappa shape index (κ2) is 15.4. The third-order valence-electron chi connectivity index (χ3n) is 12.3. The van der Waals surface area contributed by atoms with E-state index in [0.717, 1.165) is 34.4 Å². The number of β-amino-alcohol motifs (C(OH)–C–C–N with tert-alkyl or cyclic N) is 1. The number of nitrogens with one attached hydrogen (secondary N) is 1. The average Bonchev–Trinajstić information content (AvgIpc) is 3.47. The molecule has 9 rings (SSSR count). The van der Waals surface area contributed by atoms with Gasteiger partial charge in [0, 0.05) is 48.9 Å². The number of carbonyl (C=O) groups excluding carboxylic acids is 1. The lowest BCUT2D eigenvalue weighted by molar-refractivity contribution is -0.274. The van der Waals surface area contributed by atoms with Crippen LogP contribution in [0.1, 0.15) is 66.1 Å². The maximum absolute atomic E-state index is 14.0. The number of methoxy groups -OCH3 is 1. The maximum Gasteiger partial charge on any atom is 0.573 e. The first-order chi connectivity index (χ1) is 28.7. The fourth-order valence-corrected chi connectivity index (χ4v) is 10.5. The van der Waals surface area contributed by atoms with Gasteiger partial charge in [0.15, 0.2) is 11.3 Å². The second-order valence-electron chi connectivity index (χ2n) is 16.3. The minimum atomic E-state index is -5.00. The Hall–Kier alpha value is -5.10. The van der Waals surface area contributed by atoms with Crippen molar-refractivity contribution in [2.24, 2.45) is 5.92 Å². The molecule has 4 heterocycles. The molecule has 60 heavy (non-hydrogen) atoms. The molecule has 0 spiro atoms. The number of benzene rings is 3. The quantitative estimate of drug-likeness (QED) is 0.146. The summed E-state index contributed by atoms with van der Waals surface area (Å²) in [6.07, 6.45) is -0.643. The monoisotopic (exact) mass is 846 g/mol. The van der Waals surface area contributed by atoms with Crippen LogP contribution in [0.5, 0.6) is 11.6 Å². The van der Waals surface area contributed by atoms with E-state index in [1.807, 2.05) is 55.1 Å². The second-order valence-corrected chi connectivity index (χ2v) is 18.2. The highest BCUT2D eigenvalue weighted by Crippen LogP contribution is 2.48. The molecule has 2 N–H and O–H groups in total. The number of hydrogen-bond donors (Lipinski definition) is 2. The van der Waals surface area contributed by atoms with Crippen molar-refractivity contribution in [3.8, 4) is 45.5 Å². The highest BCUT2D eigenvalue weighted by molar-refractivity contribution is 7.90. The molecular formula is C43H45F3N6O7S. The number of rotatable bonds is 11. The highest BCUT2D eigenvalue weighted by atomic mass is 32.2. The van der Waals surface area contributed by atoms with E-state index in [-0.39, 0.29) is 42.1 Å². The van der Waals surface area contributed by atoms with Gasteiger partial charge < -0.3 is 19.0 Å². The molecule has 17 heteroatoms. The average molecular weight is 847 g/mol. The van der Waals surface area contributed by atoms with Gasteiger partial charge in [0.25, 0.3) is 0 Å². The molecule has 0 unspecified atom stereocenters. The lowest BCUT2D eigenvalue weighted by Gasteiger charge is -2.25. The van der Waals surface area contributed by atoms with Gasteiger partial charge in [-0.05, 0) is 98.9 Å². The third kappa shape index (κ3) is 7.72. The van der Waals surface area contributed by atoms with E-state index < -0.39 is 39.2 Å². The van der Waals surface area contributed by atoms with Gasteiger partial charge in [-0.15, -0.1) is 13.2 Å². The molecule has 2 aliphatic carbocycles. The number of carbonyl (C=O) groups is 1. The van der Waals surface area contributed by atoms with Gasteiger partial charge in [0.05, 0.1) is 36.3 Å². The number of halogens is 3. The van der Waals surface area contributed by atoms with Crippen molar-refractivity contribution in [3.63, 3.8) is 0 Å². The number of alkyl halides is 3. The van der Waals surface area contributed by atoms with Crippen LogP contribution < -0.4 is 14.2 Å². The Morgan fingerprint density at radius 3 is 2.37 bits per heavy atom. The summed E-state index contributed by atoms with van der Waals surface area (Å²) in [5, 5.41) is 9.45.